The second-order valence-electron chi connectivity index (χ2n) is 5.54. The lowest BCUT2D eigenvalue weighted by Crippen LogP contribution is -2.39. The number of ether oxygens (including phenoxy) is 1. The van der Waals surface area contributed by atoms with Gasteiger partial charge in [0.2, 0.25) is 0 Å². The minimum atomic E-state index is -0.986. The summed E-state index contributed by atoms with van der Waals surface area (Å²) in [7, 11) is 0. The third-order valence-corrected chi connectivity index (χ3v) is 4.93. The molecule has 0 radical (unpaired) electrons. The van der Waals surface area contributed by atoms with Gasteiger partial charge in [-0.05, 0) is 43.3 Å². The molecule has 1 aliphatic heterocycles. The predicted octanol–water partition coefficient (Wildman–Crippen LogP) is 4.16. The van der Waals surface area contributed by atoms with E-state index in [4.69, 9.17) is 4.74 Å². The van der Waals surface area contributed by atoms with Gasteiger partial charge in [0, 0.05) is 17.5 Å². The van der Waals surface area contributed by atoms with Crippen LogP contribution in [0.1, 0.15) is 30.7 Å². The first-order chi connectivity index (χ1) is 11.1. The number of carbonyl (C=O) groups is 1. The van der Waals surface area contributed by atoms with Gasteiger partial charge in [-0.15, -0.1) is 11.3 Å². The van der Waals surface area contributed by atoms with Crippen LogP contribution in [0.2, 0.25) is 0 Å². The van der Waals surface area contributed by atoms with Crippen LogP contribution in [0.15, 0.2) is 35.7 Å². The summed E-state index contributed by atoms with van der Waals surface area (Å²) >= 11 is 1.63. The number of carbonyl (C=O) groups excluding carboxylic acids is 1. The van der Waals surface area contributed by atoms with E-state index < -0.39 is 17.7 Å². The highest BCUT2D eigenvalue weighted by molar-refractivity contribution is 7.10. The molecule has 1 aromatic carbocycles. The van der Waals surface area contributed by atoms with Gasteiger partial charge in [0.05, 0.1) is 6.04 Å². The first-order valence-corrected chi connectivity index (χ1v) is 8.40. The minimum absolute atomic E-state index is 0.0819. The number of halogens is 2. The minimum Gasteiger partial charge on any atom is -0.481 e. The fourth-order valence-electron chi connectivity index (χ4n) is 2.85. The van der Waals surface area contributed by atoms with Crippen molar-refractivity contribution >= 4 is 17.2 Å². The fourth-order valence-corrected chi connectivity index (χ4v) is 3.72. The van der Waals surface area contributed by atoms with Crippen molar-refractivity contribution in [2.45, 2.75) is 31.9 Å². The zero-order chi connectivity index (χ0) is 16.4. The number of hydrogen-bond acceptors (Lipinski definition) is 3. The lowest BCUT2D eigenvalue weighted by Gasteiger charge is -2.27. The molecule has 0 spiro atoms. The molecule has 6 heteroatoms. The number of benzene rings is 1. The Bertz CT molecular complexity index is 690. The number of thiophene rings is 1. The topological polar surface area (TPSA) is 29.5 Å². The zero-order valence-electron chi connectivity index (χ0n) is 12.7. The van der Waals surface area contributed by atoms with Crippen molar-refractivity contribution in [1.82, 2.24) is 4.90 Å². The van der Waals surface area contributed by atoms with E-state index in [0.29, 0.717) is 6.54 Å². The SMILES string of the molecule is CC(Oc1ccc(F)c(F)c1)C(=O)N1CCCC1c1cccs1. The number of likely N-dealkylation sites (tertiary alicyclic amines) is 1. The molecule has 0 N–H and O–H groups in total. The van der Waals surface area contributed by atoms with Crippen LogP contribution in [-0.2, 0) is 4.79 Å². The summed E-state index contributed by atoms with van der Waals surface area (Å²) in [5.41, 5.74) is 0. The predicted molar refractivity (Wildman–Crippen MR) is 84.5 cm³/mol. The molecule has 2 aromatic rings. The highest BCUT2D eigenvalue weighted by Gasteiger charge is 2.33. The molecule has 0 aliphatic carbocycles. The number of hydrogen-bond donors (Lipinski definition) is 0. The van der Waals surface area contributed by atoms with Crippen molar-refractivity contribution in [2.24, 2.45) is 0 Å². The largest absolute Gasteiger partial charge is 0.481 e. The third kappa shape index (κ3) is 3.37. The fraction of sp³-hybridized carbons (Fsp3) is 0.353. The lowest BCUT2D eigenvalue weighted by atomic mass is 10.2. The van der Waals surface area contributed by atoms with E-state index in [1.807, 2.05) is 22.4 Å². The van der Waals surface area contributed by atoms with E-state index in [2.05, 4.69) is 0 Å². The van der Waals surface area contributed by atoms with E-state index in [0.717, 1.165) is 29.9 Å². The summed E-state index contributed by atoms with van der Waals surface area (Å²) in [5, 5.41) is 2.00. The Hall–Kier alpha value is -1.95. The molecule has 0 bridgehead atoms. The molecule has 23 heavy (non-hydrogen) atoms. The van der Waals surface area contributed by atoms with Crippen LogP contribution in [-0.4, -0.2) is 23.5 Å². The molecule has 1 amide bonds. The Labute approximate surface area is 137 Å². The number of amides is 1. The Balaban J connectivity index is 1.70. The van der Waals surface area contributed by atoms with Crippen LogP contribution >= 0.6 is 11.3 Å². The van der Waals surface area contributed by atoms with Crippen LogP contribution in [0.25, 0.3) is 0 Å². The van der Waals surface area contributed by atoms with Gasteiger partial charge in [-0.2, -0.15) is 0 Å². The van der Waals surface area contributed by atoms with Gasteiger partial charge in [0.15, 0.2) is 17.7 Å². The van der Waals surface area contributed by atoms with Crippen LogP contribution in [0.4, 0.5) is 8.78 Å². The van der Waals surface area contributed by atoms with Gasteiger partial charge >= 0.3 is 0 Å². The summed E-state index contributed by atoms with van der Waals surface area (Å²) < 4.78 is 31.7. The van der Waals surface area contributed by atoms with Gasteiger partial charge in [-0.3, -0.25) is 4.79 Å². The number of nitrogens with zero attached hydrogens (tertiary/aromatic N) is 1. The molecule has 2 atom stereocenters. The smallest absolute Gasteiger partial charge is 0.263 e. The normalized spacial score (nSPS) is 18.9. The van der Waals surface area contributed by atoms with Crippen molar-refractivity contribution in [3.05, 3.63) is 52.2 Å². The molecule has 0 saturated carbocycles. The van der Waals surface area contributed by atoms with Gasteiger partial charge in [-0.25, -0.2) is 8.78 Å². The molecule has 3 rings (SSSR count). The average molecular weight is 337 g/mol. The second kappa shape index (κ2) is 6.66. The van der Waals surface area contributed by atoms with Crippen LogP contribution < -0.4 is 4.74 Å². The third-order valence-electron chi connectivity index (χ3n) is 3.96. The highest BCUT2D eigenvalue weighted by Crippen LogP contribution is 2.35. The van der Waals surface area contributed by atoms with Gasteiger partial charge in [-0.1, -0.05) is 6.07 Å². The molecule has 2 heterocycles. The number of rotatable bonds is 4. The molecule has 122 valence electrons. The van der Waals surface area contributed by atoms with Crippen molar-refractivity contribution in [3.63, 3.8) is 0 Å². The zero-order valence-corrected chi connectivity index (χ0v) is 13.5. The van der Waals surface area contributed by atoms with Crippen molar-refractivity contribution in [2.75, 3.05) is 6.54 Å². The molecule has 1 fully saturated rings. The summed E-state index contributed by atoms with van der Waals surface area (Å²) in [6.45, 7) is 2.32. The van der Waals surface area contributed by atoms with E-state index in [9.17, 15) is 13.6 Å². The molecule has 1 saturated heterocycles. The average Bonchev–Trinajstić information content (AvgIpc) is 3.20. The maximum absolute atomic E-state index is 13.2. The van der Waals surface area contributed by atoms with E-state index in [1.54, 1.807) is 18.3 Å². The Morgan fingerprint density at radius 3 is 2.87 bits per heavy atom. The van der Waals surface area contributed by atoms with E-state index in [1.165, 1.54) is 6.07 Å². The summed E-state index contributed by atoms with van der Waals surface area (Å²) in [6.07, 6.45) is 1.14. The van der Waals surface area contributed by atoms with Gasteiger partial charge in [0.25, 0.3) is 5.91 Å². The van der Waals surface area contributed by atoms with Crippen LogP contribution in [0.3, 0.4) is 0 Å². The molecule has 3 nitrogen and oxygen atoms in total. The van der Waals surface area contributed by atoms with Crippen molar-refractivity contribution in [3.8, 4) is 5.75 Å². The first-order valence-electron chi connectivity index (χ1n) is 7.52. The molecular weight excluding hydrogens is 320 g/mol. The Kier molecular flexibility index (Phi) is 4.61. The maximum Gasteiger partial charge on any atom is 0.263 e. The second-order valence-corrected chi connectivity index (χ2v) is 6.52. The van der Waals surface area contributed by atoms with Crippen LogP contribution in [0.5, 0.6) is 5.75 Å². The first kappa shape index (κ1) is 15.9. The van der Waals surface area contributed by atoms with Crippen molar-refractivity contribution < 1.29 is 18.3 Å². The highest BCUT2D eigenvalue weighted by atomic mass is 32.1. The molecule has 2 unspecified atom stereocenters. The monoisotopic (exact) mass is 337 g/mol. The van der Waals surface area contributed by atoms with E-state index in [-0.39, 0.29) is 17.7 Å². The Morgan fingerprint density at radius 2 is 2.17 bits per heavy atom. The Morgan fingerprint density at radius 1 is 1.35 bits per heavy atom. The summed E-state index contributed by atoms with van der Waals surface area (Å²) in [4.78, 5) is 15.6. The lowest BCUT2D eigenvalue weighted by molar-refractivity contribution is -0.138. The van der Waals surface area contributed by atoms with Gasteiger partial charge in [0.1, 0.15) is 5.75 Å². The molecular formula is C17H17F2NO2S. The van der Waals surface area contributed by atoms with Crippen molar-refractivity contribution in [1.29, 1.82) is 0 Å². The molecule has 1 aromatic heterocycles. The standard InChI is InChI=1S/C17H17F2NO2S/c1-11(22-12-6-7-13(18)14(19)10-12)17(21)20-8-2-4-15(20)16-5-3-9-23-16/h3,5-7,9-11,15H,2,4,8H2,1H3. The summed E-state index contributed by atoms with van der Waals surface area (Å²) in [6, 6.07) is 7.36. The van der Waals surface area contributed by atoms with Gasteiger partial charge < -0.3 is 9.64 Å². The quantitative estimate of drug-likeness (QED) is 0.838. The van der Waals surface area contributed by atoms with Crippen LogP contribution in [0, 0.1) is 11.6 Å². The molecule has 1 aliphatic rings. The maximum atomic E-state index is 13.2. The van der Waals surface area contributed by atoms with E-state index >= 15 is 0 Å². The summed E-state index contributed by atoms with van der Waals surface area (Å²) in [5.74, 6) is -1.91.